The van der Waals surface area contributed by atoms with Gasteiger partial charge in [-0.05, 0) is 38.1 Å². The molecule has 1 amide bonds. The van der Waals surface area contributed by atoms with Crippen LogP contribution in [0.5, 0.6) is 5.75 Å². The van der Waals surface area contributed by atoms with E-state index in [-0.39, 0.29) is 11.9 Å². The maximum atomic E-state index is 12.4. The molecule has 0 saturated carbocycles. The summed E-state index contributed by atoms with van der Waals surface area (Å²) in [5, 5.41) is 6.56. The first kappa shape index (κ1) is 17.3. The number of hydrogen-bond donors (Lipinski definition) is 1. The van der Waals surface area contributed by atoms with Crippen LogP contribution < -0.4 is 15.0 Å². The predicted molar refractivity (Wildman–Crippen MR) is 96.1 cm³/mol. The highest BCUT2D eigenvalue weighted by molar-refractivity contribution is 5.93. The average molecular weight is 344 g/mol. The van der Waals surface area contributed by atoms with E-state index in [0.717, 1.165) is 37.6 Å². The quantitative estimate of drug-likeness (QED) is 0.896. The minimum Gasteiger partial charge on any atom is -0.497 e. The van der Waals surface area contributed by atoms with E-state index in [2.05, 4.69) is 32.4 Å². The number of aryl methyl sites for hydroxylation is 1. The van der Waals surface area contributed by atoms with Crippen molar-refractivity contribution in [1.82, 2.24) is 10.1 Å². The molecular weight excluding hydrogens is 320 g/mol. The van der Waals surface area contributed by atoms with Crippen molar-refractivity contribution < 1.29 is 14.1 Å². The second kappa shape index (κ2) is 7.57. The standard InChI is InChI=1S/C18H24N4O3/c1-13-12-17(25-20-13)19-18(23)14(2)21-8-10-22(11-9-21)15-4-6-16(24-3)7-5-15/h4-7,12,14H,8-11H2,1-3H3,(H,19,23). The molecule has 25 heavy (non-hydrogen) atoms. The Balaban J connectivity index is 1.53. The lowest BCUT2D eigenvalue weighted by atomic mass is 10.2. The molecule has 1 atom stereocenters. The molecule has 1 aliphatic rings. The average Bonchev–Trinajstić information content (AvgIpc) is 3.06. The van der Waals surface area contributed by atoms with Gasteiger partial charge in [-0.2, -0.15) is 0 Å². The number of piperazine rings is 1. The largest absolute Gasteiger partial charge is 0.497 e. The number of methoxy groups -OCH3 is 1. The van der Waals surface area contributed by atoms with E-state index in [1.807, 2.05) is 26.0 Å². The van der Waals surface area contributed by atoms with Crippen LogP contribution in [0.25, 0.3) is 0 Å². The van der Waals surface area contributed by atoms with Gasteiger partial charge in [-0.1, -0.05) is 5.16 Å². The van der Waals surface area contributed by atoms with E-state index in [0.29, 0.717) is 5.88 Å². The van der Waals surface area contributed by atoms with Crippen molar-refractivity contribution in [3.05, 3.63) is 36.0 Å². The first-order valence-electron chi connectivity index (χ1n) is 8.44. The number of ether oxygens (including phenoxy) is 1. The molecule has 1 aliphatic heterocycles. The molecule has 1 unspecified atom stereocenters. The van der Waals surface area contributed by atoms with Crippen LogP contribution in [-0.4, -0.2) is 55.3 Å². The summed E-state index contributed by atoms with van der Waals surface area (Å²) in [6, 6.07) is 9.57. The van der Waals surface area contributed by atoms with Crippen LogP contribution in [0.15, 0.2) is 34.9 Å². The van der Waals surface area contributed by atoms with Crippen molar-refractivity contribution in [2.24, 2.45) is 0 Å². The Kier molecular flexibility index (Phi) is 5.23. The van der Waals surface area contributed by atoms with Gasteiger partial charge in [0.15, 0.2) is 0 Å². The van der Waals surface area contributed by atoms with Gasteiger partial charge in [0.2, 0.25) is 11.8 Å². The van der Waals surface area contributed by atoms with Gasteiger partial charge in [-0.15, -0.1) is 0 Å². The fraction of sp³-hybridized carbons (Fsp3) is 0.444. The highest BCUT2D eigenvalue weighted by Crippen LogP contribution is 2.21. The maximum absolute atomic E-state index is 12.4. The van der Waals surface area contributed by atoms with Gasteiger partial charge in [-0.3, -0.25) is 15.0 Å². The summed E-state index contributed by atoms with van der Waals surface area (Å²) in [7, 11) is 1.67. The van der Waals surface area contributed by atoms with E-state index >= 15 is 0 Å². The van der Waals surface area contributed by atoms with Gasteiger partial charge in [0.25, 0.3) is 0 Å². The molecule has 0 aliphatic carbocycles. The monoisotopic (exact) mass is 344 g/mol. The van der Waals surface area contributed by atoms with Crippen LogP contribution >= 0.6 is 0 Å². The smallest absolute Gasteiger partial charge is 0.243 e. The molecule has 134 valence electrons. The van der Waals surface area contributed by atoms with E-state index < -0.39 is 0 Å². The van der Waals surface area contributed by atoms with Crippen LogP contribution in [0.4, 0.5) is 11.6 Å². The van der Waals surface area contributed by atoms with Crippen molar-refractivity contribution in [3.63, 3.8) is 0 Å². The number of carbonyl (C=O) groups excluding carboxylic acids is 1. The summed E-state index contributed by atoms with van der Waals surface area (Å²) in [5.74, 6) is 1.18. The molecular formula is C18H24N4O3. The number of nitrogens with zero attached hydrogens (tertiary/aromatic N) is 3. The Bertz CT molecular complexity index is 705. The Labute approximate surface area is 147 Å². The minimum absolute atomic E-state index is 0.0750. The highest BCUT2D eigenvalue weighted by Gasteiger charge is 2.26. The fourth-order valence-corrected chi connectivity index (χ4v) is 2.97. The molecule has 0 radical (unpaired) electrons. The van der Waals surface area contributed by atoms with Crippen LogP contribution in [0.1, 0.15) is 12.6 Å². The summed E-state index contributed by atoms with van der Waals surface area (Å²) < 4.78 is 10.2. The molecule has 1 fully saturated rings. The Hall–Kier alpha value is -2.54. The molecule has 7 heteroatoms. The number of hydrogen-bond acceptors (Lipinski definition) is 6. The second-order valence-corrected chi connectivity index (χ2v) is 6.22. The second-order valence-electron chi connectivity index (χ2n) is 6.22. The van der Waals surface area contributed by atoms with Crippen molar-refractivity contribution >= 4 is 17.5 Å². The Morgan fingerprint density at radius 2 is 1.92 bits per heavy atom. The molecule has 1 aromatic carbocycles. The number of rotatable bonds is 5. The first-order chi connectivity index (χ1) is 12.1. The third kappa shape index (κ3) is 4.11. The van der Waals surface area contributed by atoms with Crippen LogP contribution in [0.3, 0.4) is 0 Å². The molecule has 1 aromatic heterocycles. The van der Waals surface area contributed by atoms with Crippen LogP contribution in [0.2, 0.25) is 0 Å². The fourth-order valence-electron chi connectivity index (χ4n) is 2.97. The number of amides is 1. The van der Waals surface area contributed by atoms with Gasteiger partial charge in [0.1, 0.15) is 5.75 Å². The lowest BCUT2D eigenvalue weighted by molar-refractivity contribution is -0.121. The summed E-state index contributed by atoms with van der Waals surface area (Å²) in [6.07, 6.45) is 0. The third-order valence-electron chi connectivity index (χ3n) is 4.55. The summed E-state index contributed by atoms with van der Waals surface area (Å²) in [4.78, 5) is 16.9. The molecule has 1 N–H and O–H groups in total. The van der Waals surface area contributed by atoms with Crippen molar-refractivity contribution in [1.29, 1.82) is 0 Å². The zero-order chi connectivity index (χ0) is 17.8. The predicted octanol–water partition coefficient (Wildman–Crippen LogP) is 2.14. The zero-order valence-electron chi connectivity index (χ0n) is 14.9. The first-order valence-corrected chi connectivity index (χ1v) is 8.44. The molecule has 7 nitrogen and oxygen atoms in total. The van der Waals surface area contributed by atoms with Crippen molar-refractivity contribution in [2.45, 2.75) is 19.9 Å². The Morgan fingerprint density at radius 1 is 1.24 bits per heavy atom. The van der Waals surface area contributed by atoms with Gasteiger partial charge in [0.05, 0.1) is 18.8 Å². The topological polar surface area (TPSA) is 70.8 Å². The van der Waals surface area contributed by atoms with Crippen molar-refractivity contribution in [3.8, 4) is 5.75 Å². The van der Waals surface area contributed by atoms with Gasteiger partial charge >= 0.3 is 0 Å². The third-order valence-corrected chi connectivity index (χ3v) is 4.55. The minimum atomic E-state index is -0.219. The lowest BCUT2D eigenvalue weighted by Gasteiger charge is -2.38. The number of nitrogens with one attached hydrogen (secondary N) is 1. The molecule has 0 bridgehead atoms. The zero-order valence-corrected chi connectivity index (χ0v) is 14.9. The molecule has 1 saturated heterocycles. The van der Waals surface area contributed by atoms with Crippen LogP contribution in [0, 0.1) is 6.92 Å². The highest BCUT2D eigenvalue weighted by atomic mass is 16.5. The Morgan fingerprint density at radius 3 is 2.48 bits per heavy atom. The SMILES string of the molecule is COc1ccc(N2CCN(C(C)C(=O)Nc3cc(C)no3)CC2)cc1. The normalized spacial score (nSPS) is 16.5. The van der Waals surface area contributed by atoms with E-state index in [4.69, 9.17) is 9.26 Å². The number of benzene rings is 1. The molecule has 3 rings (SSSR count). The van der Waals surface area contributed by atoms with E-state index in [9.17, 15) is 4.79 Å². The number of aromatic nitrogens is 1. The summed E-state index contributed by atoms with van der Waals surface area (Å²) in [6.45, 7) is 7.16. The van der Waals surface area contributed by atoms with E-state index in [1.165, 1.54) is 5.69 Å². The summed E-state index contributed by atoms with van der Waals surface area (Å²) >= 11 is 0. The lowest BCUT2D eigenvalue weighted by Crippen LogP contribution is -2.52. The van der Waals surface area contributed by atoms with E-state index in [1.54, 1.807) is 13.2 Å². The molecule has 2 heterocycles. The molecule has 0 spiro atoms. The van der Waals surface area contributed by atoms with Gasteiger partial charge in [0, 0.05) is 37.9 Å². The number of anilines is 2. The summed E-state index contributed by atoms with van der Waals surface area (Å²) in [5.41, 5.74) is 1.92. The maximum Gasteiger partial charge on any atom is 0.243 e. The van der Waals surface area contributed by atoms with Crippen LogP contribution in [-0.2, 0) is 4.79 Å². The van der Waals surface area contributed by atoms with Gasteiger partial charge < -0.3 is 14.2 Å². The molecule has 2 aromatic rings. The van der Waals surface area contributed by atoms with Crippen molar-refractivity contribution in [2.75, 3.05) is 43.5 Å². The van der Waals surface area contributed by atoms with Gasteiger partial charge in [-0.25, -0.2) is 0 Å². The number of carbonyl (C=O) groups is 1.